The van der Waals surface area contributed by atoms with Crippen LogP contribution in [0.1, 0.15) is 23.2 Å². The number of carbonyl (C=O) groups is 1. The van der Waals surface area contributed by atoms with Crippen LogP contribution < -0.4 is 4.31 Å². The number of aliphatic hydroxyl groups is 1. The van der Waals surface area contributed by atoms with E-state index in [9.17, 15) is 13.2 Å². The Kier molecular flexibility index (Phi) is 4.29. The van der Waals surface area contributed by atoms with E-state index in [2.05, 4.69) is 0 Å². The van der Waals surface area contributed by atoms with Crippen molar-refractivity contribution in [3.05, 3.63) is 29.8 Å². The fraction of sp³-hybridized carbons (Fsp3) is 0.462. The van der Waals surface area contributed by atoms with Gasteiger partial charge >= 0.3 is 5.97 Å². The molecule has 1 aliphatic carbocycles. The molecule has 0 saturated heterocycles. The Bertz CT molecular complexity index is 577. The summed E-state index contributed by atoms with van der Waals surface area (Å²) in [4.78, 5) is 10.8. The summed E-state index contributed by atoms with van der Waals surface area (Å²) >= 11 is 0. The normalized spacial score (nSPS) is 15.1. The van der Waals surface area contributed by atoms with Crippen LogP contribution in [0.15, 0.2) is 24.3 Å². The van der Waals surface area contributed by atoms with Gasteiger partial charge in [-0.3, -0.25) is 4.31 Å². The largest absolute Gasteiger partial charge is 0.478 e. The molecule has 2 N–H and O–H groups in total. The number of anilines is 1. The van der Waals surface area contributed by atoms with Crippen molar-refractivity contribution in [3.8, 4) is 0 Å². The smallest absolute Gasteiger partial charge is 0.335 e. The molecule has 0 atom stereocenters. The number of carboxylic acids is 1. The van der Waals surface area contributed by atoms with Crippen LogP contribution in [0.2, 0.25) is 0 Å². The standard InChI is InChI=1S/C13H17NO5S/c15-8-7-14(20(18,19)9-10-1-2-10)12-5-3-11(4-6-12)13(16)17/h3-6,10,15H,1-2,7-9H2,(H,16,17). The first kappa shape index (κ1) is 14.8. The highest BCUT2D eigenvalue weighted by molar-refractivity contribution is 7.92. The number of sulfonamides is 1. The third kappa shape index (κ3) is 3.49. The van der Waals surface area contributed by atoms with Gasteiger partial charge in [-0.1, -0.05) is 0 Å². The molecule has 2 rings (SSSR count). The van der Waals surface area contributed by atoms with E-state index in [-0.39, 0.29) is 30.4 Å². The third-order valence-electron chi connectivity index (χ3n) is 3.18. The van der Waals surface area contributed by atoms with Crippen molar-refractivity contribution >= 4 is 21.7 Å². The number of hydrogen-bond donors (Lipinski definition) is 2. The Morgan fingerprint density at radius 2 is 1.85 bits per heavy atom. The molecule has 1 aromatic carbocycles. The maximum atomic E-state index is 12.3. The molecule has 1 saturated carbocycles. The Hall–Kier alpha value is -1.60. The minimum Gasteiger partial charge on any atom is -0.478 e. The van der Waals surface area contributed by atoms with E-state index < -0.39 is 16.0 Å². The summed E-state index contributed by atoms with van der Waals surface area (Å²) in [6.45, 7) is -0.313. The Balaban J connectivity index is 2.24. The van der Waals surface area contributed by atoms with Gasteiger partial charge in [-0.25, -0.2) is 13.2 Å². The Morgan fingerprint density at radius 3 is 2.30 bits per heavy atom. The van der Waals surface area contributed by atoms with Crippen LogP contribution in [0.25, 0.3) is 0 Å². The minimum atomic E-state index is -3.48. The van der Waals surface area contributed by atoms with E-state index in [0.29, 0.717) is 5.69 Å². The van der Waals surface area contributed by atoms with Crippen LogP contribution >= 0.6 is 0 Å². The molecular weight excluding hydrogens is 282 g/mol. The van der Waals surface area contributed by atoms with Crippen molar-refractivity contribution in [2.24, 2.45) is 5.92 Å². The van der Waals surface area contributed by atoms with Crippen LogP contribution in [-0.4, -0.2) is 43.5 Å². The lowest BCUT2D eigenvalue weighted by Crippen LogP contribution is -2.36. The lowest BCUT2D eigenvalue weighted by molar-refractivity contribution is 0.0697. The van der Waals surface area contributed by atoms with Gasteiger partial charge in [0.25, 0.3) is 0 Å². The van der Waals surface area contributed by atoms with Crippen molar-refractivity contribution in [1.29, 1.82) is 0 Å². The van der Waals surface area contributed by atoms with E-state index >= 15 is 0 Å². The summed E-state index contributed by atoms with van der Waals surface area (Å²) in [5, 5.41) is 17.9. The number of benzene rings is 1. The van der Waals surface area contributed by atoms with Crippen LogP contribution in [0.4, 0.5) is 5.69 Å². The van der Waals surface area contributed by atoms with Gasteiger partial charge in [-0.2, -0.15) is 0 Å². The van der Waals surface area contributed by atoms with Crippen molar-refractivity contribution in [3.63, 3.8) is 0 Å². The molecule has 1 aromatic rings. The first-order chi connectivity index (χ1) is 9.44. The predicted octanol–water partition coefficient (Wildman–Crippen LogP) is 0.923. The first-order valence-corrected chi connectivity index (χ1v) is 7.99. The number of hydrogen-bond acceptors (Lipinski definition) is 4. The summed E-state index contributed by atoms with van der Waals surface area (Å²) < 4.78 is 25.7. The van der Waals surface area contributed by atoms with Crippen LogP contribution in [0, 0.1) is 5.92 Å². The summed E-state index contributed by atoms with van der Waals surface area (Å²) in [7, 11) is -3.48. The van der Waals surface area contributed by atoms with Crippen LogP contribution in [0.5, 0.6) is 0 Å². The van der Waals surface area contributed by atoms with Gasteiger partial charge in [0.05, 0.1) is 30.2 Å². The summed E-state index contributed by atoms with van der Waals surface area (Å²) in [6.07, 6.45) is 1.84. The van der Waals surface area contributed by atoms with E-state index in [1.807, 2.05) is 0 Å². The Morgan fingerprint density at radius 1 is 1.25 bits per heavy atom. The highest BCUT2D eigenvalue weighted by Gasteiger charge is 2.32. The number of carboxylic acid groups (broad SMARTS) is 1. The molecule has 0 aromatic heterocycles. The molecular formula is C13H17NO5S. The molecule has 7 heteroatoms. The zero-order chi connectivity index (χ0) is 14.8. The van der Waals surface area contributed by atoms with Crippen molar-refractivity contribution in [2.45, 2.75) is 12.8 Å². The van der Waals surface area contributed by atoms with Crippen molar-refractivity contribution in [2.75, 3.05) is 23.2 Å². The highest BCUT2D eigenvalue weighted by Crippen LogP contribution is 2.32. The summed E-state index contributed by atoms with van der Waals surface area (Å²) in [5.74, 6) is -0.779. The fourth-order valence-electron chi connectivity index (χ4n) is 1.96. The lowest BCUT2D eigenvalue weighted by Gasteiger charge is -2.23. The van der Waals surface area contributed by atoms with E-state index in [4.69, 9.17) is 10.2 Å². The zero-order valence-electron chi connectivity index (χ0n) is 10.9. The van der Waals surface area contributed by atoms with E-state index in [1.165, 1.54) is 24.3 Å². The highest BCUT2D eigenvalue weighted by atomic mass is 32.2. The Labute approximate surface area is 117 Å². The van der Waals surface area contributed by atoms with Gasteiger partial charge < -0.3 is 10.2 Å². The summed E-state index contributed by atoms with van der Waals surface area (Å²) in [5.41, 5.74) is 0.474. The molecule has 110 valence electrons. The topological polar surface area (TPSA) is 94.9 Å². The quantitative estimate of drug-likeness (QED) is 0.781. The fourth-order valence-corrected chi connectivity index (χ4v) is 3.87. The van der Waals surface area contributed by atoms with E-state index in [0.717, 1.165) is 17.1 Å². The van der Waals surface area contributed by atoms with Gasteiger partial charge in [-0.15, -0.1) is 0 Å². The molecule has 0 unspecified atom stereocenters. The molecule has 1 fully saturated rings. The van der Waals surface area contributed by atoms with Crippen LogP contribution in [-0.2, 0) is 10.0 Å². The van der Waals surface area contributed by atoms with Crippen molar-refractivity contribution in [1.82, 2.24) is 0 Å². The minimum absolute atomic E-state index is 0.0263. The number of aromatic carboxylic acids is 1. The molecule has 6 nitrogen and oxygen atoms in total. The SMILES string of the molecule is O=C(O)c1ccc(N(CCO)S(=O)(=O)CC2CC2)cc1. The second-order valence-electron chi connectivity index (χ2n) is 4.87. The molecule has 0 spiro atoms. The van der Waals surface area contributed by atoms with Gasteiger partial charge in [0, 0.05) is 0 Å². The number of nitrogens with zero attached hydrogens (tertiary/aromatic N) is 1. The number of aliphatic hydroxyl groups excluding tert-OH is 1. The maximum Gasteiger partial charge on any atom is 0.335 e. The lowest BCUT2D eigenvalue weighted by atomic mass is 10.2. The first-order valence-electron chi connectivity index (χ1n) is 6.38. The van der Waals surface area contributed by atoms with Gasteiger partial charge in [0.2, 0.25) is 10.0 Å². The third-order valence-corrected chi connectivity index (χ3v) is 5.14. The molecule has 0 aliphatic heterocycles. The average Bonchev–Trinajstić information content (AvgIpc) is 3.19. The van der Waals surface area contributed by atoms with Gasteiger partial charge in [0.1, 0.15) is 0 Å². The summed E-state index contributed by atoms with van der Waals surface area (Å²) in [6, 6.07) is 5.61. The van der Waals surface area contributed by atoms with Crippen LogP contribution in [0.3, 0.4) is 0 Å². The van der Waals surface area contributed by atoms with E-state index in [1.54, 1.807) is 0 Å². The maximum absolute atomic E-state index is 12.3. The van der Waals surface area contributed by atoms with Gasteiger partial charge in [0.15, 0.2) is 0 Å². The second kappa shape index (κ2) is 5.80. The molecule has 0 radical (unpaired) electrons. The molecule has 1 aliphatic rings. The van der Waals surface area contributed by atoms with Gasteiger partial charge in [-0.05, 0) is 43.0 Å². The number of rotatable bonds is 7. The molecule has 0 heterocycles. The monoisotopic (exact) mass is 299 g/mol. The second-order valence-corrected chi connectivity index (χ2v) is 6.81. The zero-order valence-corrected chi connectivity index (χ0v) is 11.7. The predicted molar refractivity (Wildman–Crippen MR) is 74.3 cm³/mol. The van der Waals surface area contributed by atoms with Crippen molar-refractivity contribution < 1.29 is 23.4 Å². The molecule has 0 bridgehead atoms. The molecule has 0 amide bonds. The molecule has 20 heavy (non-hydrogen) atoms. The average molecular weight is 299 g/mol.